The van der Waals surface area contributed by atoms with Crippen LogP contribution in [-0.2, 0) is 6.54 Å². The minimum absolute atomic E-state index is 0. The third-order valence-corrected chi connectivity index (χ3v) is 1.70. The van der Waals surface area contributed by atoms with E-state index in [0.717, 1.165) is 11.4 Å². The van der Waals surface area contributed by atoms with Crippen molar-refractivity contribution in [1.82, 2.24) is 9.55 Å². The van der Waals surface area contributed by atoms with Crippen molar-refractivity contribution in [2.75, 3.05) is 6.54 Å². The van der Waals surface area contributed by atoms with E-state index in [0.29, 0.717) is 13.1 Å². The molecule has 0 atom stereocenters. The van der Waals surface area contributed by atoms with Crippen LogP contribution in [-0.4, -0.2) is 16.1 Å². The van der Waals surface area contributed by atoms with Crippen LogP contribution in [0.25, 0.3) is 0 Å². The van der Waals surface area contributed by atoms with Crippen molar-refractivity contribution in [3.8, 4) is 0 Å². The first-order valence-corrected chi connectivity index (χ1v) is 3.90. The molecule has 0 saturated heterocycles. The lowest BCUT2D eigenvalue weighted by Gasteiger charge is -2.06. The summed E-state index contributed by atoms with van der Waals surface area (Å²) >= 11 is 0. The largest absolute Gasteiger partial charge is 0.347 e. The molecule has 0 radical (unpaired) electrons. The van der Waals surface area contributed by atoms with Gasteiger partial charge in [0, 0.05) is 24.5 Å². The Morgan fingerprint density at radius 2 is 2.15 bits per heavy atom. The van der Waals surface area contributed by atoms with Crippen molar-refractivity contribution >= 4 is 12.4 Å². The quantitative estimate of drug-likeness (QED) is 0.749. The van der Waals surface area contributed by atoms with Crippen LogP contribution in [0.4, 0.5) is 0 Å². The van der Waals surface area contributed by atoms with Gasteiger partial charge in [-0.15, -0.1) is 12.4 Å². The van der Waals surface area contributed by atoms with Crippen LogP contribution in [0.15, 0.2) is 10.9 Å². The highest BCUT2D eigenvalue weighted by atomic mass is 35.5. The highest BCUT2D eigenvalue weighted by molar-refractivity contribution is 5.85. The Labute approximate surface area is 83.2 Å². The molecule has 0 fully saturated rings. The second-order valence-corrected chi connectivity index (χ2v) is 2.76. The maximum absolute atomic E-state index is 11.2. The molecule has 0 aromatic carbocycles. The van der Waals surface area contributed by atoms with Gasteiger partial charge in [0.2, 0.25) is 0 Å². The van der Waals surface area contributed by atoms with Gasteiger partial charge in [0.25, 0.3) is 0 Å². The molecule has 13 heavy (non-hydrogen) atoms. The summed E-state index contributed by atoms with van der Waals surface area (Å²) in [6.07, 6.45) is 0. The van der Waals surface area contributed by atoms with Gasteiger partial charge < -0.3 is 5.73 Å². The lowest BCUT2D eigenvalue weighted by molar-refractivity contribution is 0.635. The van der Waals surface area contributed by atoms with E-state index < -0.39 is 0 Å². The fourth-order valence-corrected chi connectivity index (χ4v) is 1.18. The zero-order valence-electron chi connectivity index (χ0n) is 7.78. The number of aromatic nitrogens is 2. The Balaban J connectivity index is 0.00000144. The molecule has 0 aliphatic rings. The summed E-state index contributed by atoms with van der Waals surface area (Å²) in [5.41, 5.74) is 6.81. The molecule has 1 heterocycles. The van der Waals surface area contributed by atoms with Crippen molar-refractivity contribution in [2.24, 2.45) is 5.73 Å². The summed E-state index contributed by atoms with van der Waals surface area (Å²) in [6.45, 7) is 4.69. The molecule has 0 saturated carbocycles. The van der Waals surface area contributed by atoms with Gasteiger partial charge in [0.1, 0.15) is 0 Å². The van der Waals surface area contributed by atoms with Crippen molar-refractivity contribution < 1.29 is 0 Å². The third kappa shape index (κ3) is 2.82. The molecule has 5 heteroatoms. The van der Waals surface area contributed by atoms with E-state index in [1.54, 1.807) is 11.5 Å². The molecule has 1 rings (SSSR count). The average Bonchev–Trinajstić information content (AvgIpc) is 1.96. The maximum atomic E-state index is 11.2. The van der Waals surface area contributed by atoms with Gasteiger partial charge in [0.15, 0.2) is 0 Å². The van der Waals surface area contributed by atoms with E-state index in [9.17, 15) is 4.79 Å². The zero-order valence-corrected chi connectivity index (χ0v) is 8.60. The molecule has 0 bridgehead atoms. The minimum atomic E-state index is -0.210. The number of hydrogen-bond donors (Lipinski definition) is 1. The predicted octanol–water partition coefficient (Wildman–Crippen LogP) is 0.241. The monoisotopic (exact) mass is 203 g/mol. The van der Waals surface area contributed by atoms with Crippen molar-refractivity contribution in [3.63, 3.8) is 0 Å². The van der Waals surface area contributed by atoms with E-state index in [1.165, 1.54) is 0 Å². The standard InChI is InChI=1S/C8H13N3O.ClH/c1-6-5-7(2)11(4-3-9)8(12)10-6;/h5H,3-4,9H2,1-2H3;1H. The number of halogens is 1. The molecule has 0 aliphatic carbocycles. The van der Waals surface area contributed by atoms with Crippen LogP contribution in [0.3, 0.4) is 0 Å². The lowest BCUT2D eigenvalue weighted by atomic mass is 10.3. The topological polar surface area (TPSA) is 60.9 Å². The molecule has 4 nitrogen and oxygen atoms in total. The maximum Gasteiger partial charge on any atom is 0.347 e. The average molecular weight is 204 g/mol. The molecule has 1 aromatic heterocycles. The second-order valence-electron chi connectivity index (χ2n) is 2.76. The van der Waals surface area contributed by atoms with Gasteiger partial charge >= 0.3 is 5.69 Å². The van der Waals surface area contributed by atoms with Gasteiger partial charge in [-0.2, -0.15) is 4.98 Å². The first-order chi connectivity index (χ1) is 5.65. The Morgan fingerprint density at radius 3 is 2.62 bits per heavy atom. The van der Waals surface area contributed by atoms with E-state index >= 15 is 0 Å². The number of aryl methyl sites for hydroxylation is 2. The molecular weight excluding hydrogens is 190 g/mol. The molecular formula is C8H14ClN3O. The van der Waals surface area contributed by atoms with Crippen LogP contribution in [0, 0.1) is 13.8 Å². The number of nitrogens with two attached hydrogens (primary N) is 1. The first-order valence-electron chi connectivity index (χ1n) is 3.90. The van der Waals surface area contributed by atoms with Crippen LogP contribution in [0.1, 0.15) is 11.4 Å². The summed E-state index contributed by atoms with van der Waals surface area (Å²) in [6, 6.07) is 1.87. The van der Waals surface area contributed by atoms with E-state index in [2.05, 4.69) is 4.98 Å². The van der Waals surface area contributed by atoms with Crippen LogP contribution >= 0.6 is 12.4 Å². The van der Waals surface area contributed by atoms with E-state index in [-0.39, 0.29) is 18.1 Å². The van der Waals surface area contributed by atoms with Crippen LogP contribution < -0.4 is 11.4 Å². The molecule has 0 aliphatic heterocycles. The Kier molecular flexibility index (Phi) is 4.66. The molecule has 2 N–H and O–H groups in total. The summed E-state index contributed by atoms with van der Waals surface area (Å²) in [7, 11) is 0. The normalized spacial score (nSPS) is 9.46. The zero-order chi connectivity index (χ0) is 9.14. The van der Waals surface area contributed by atoms with Crippen LogP contribution in [0.5, 0.6) is 0 Å². The second kappa shape index (κ2) is 4.99. The van der Waals surface area contributed by atoms with Crippen molar-refractivity contribution in [2.45, 2.75) is 20.4 Å². The van der Waals surface area contributed by atoms with E-state index in [1.807, 2.05) is 13.0 Å². The highest BCUT2D eigenvalue weighted by Gasteiger charge is 2.00. The molecule has 0 unspecified atom stereocenters. The van der Waals surface area contributed by atoms with Gasteiger partial charge in [-0.1, -0.05) is 0 Å². The number of hydrogen-bond acceptors (Lipinski definition) is 3. The highest BCUT2D eigenvalue weighted by Crippen LogP contribution is 1.95. The van der Waals surface area contributed by atoms with Gasteiger partial charge in [-0.05, 0) is 19.9 Å². The summed E-state index contributed by atoms with van der Waals surface area (Å²) < 4.78 is 1.58. The molecule has 1 aromatic rings. The van der Waals surface area contributed by atoms with Crippen molar-refractivity contribution in [3.05, 3.63) is 27.9 Å². The number of nitrogens with zero attached hydrogens (tertiary/aromatic N) is 2. The third-order valence-electron chi connectivity index (χ3n) is 1.70. The Hall–Kier alpha value is -0.870. The summed E-state index contributed by atoms with van der Waals surface area (Å²) in [5.74, 6) is 0. The predicted molar refractivity (Wildman–Crippen MR) is 54.3 cm³/mol. The Bertz CT molecular complexity index is 335. The molecule has 0 amide bonds. The van der Waals surface area contributed by atoms with Gasteiger partial charge in [-0.3, -0.25) is 4.57 Å². The fraction of sp³-hybridized carbons (Fsp3) is 0.500. The van der Waals surface area contributed by atoms with Crippen molar-refractivity contribution in [1.29, 1.82) is 0 Å². The summed E-state index contributed by atoms with van der Waals surface area (Å²) in [5, 5.41) is 0. The first kappa shape index (κ1) is 12.1. The lowest BCUT2D eigenvalue weighted by Crippen LogP contribution is -2.28. The summed E-state index contributed by atoms with van der Waals surface area (Å²) in [4.78, 5) is 15.1. The van der Waals surface area contributed by atoms with E-state index in [4.69, 9.17) is 5.73 Å². The van der Waals surface area contributed by atoms with Crippen LogP contribution in [0.2, 0.25) is 0 Å². The minimum Gasteiger partial charge on any atom is -0.329 e. The molecule has 74 valence electrons. The fourth-order valence-electron chi connectivity index (χ4n) is 1.18. The van der Waals surface area contributed by atoms with Gasteiger partial charge in [0.05, 0.1) is 0 Å². The molecule has 0 spiro atoms. The number of rotatable bonds is 2. The van der Waals surface area contributed by atoms with Gasteiger partial charge in [-0.25, -0.2) is 4.79 Å². The Morgan fingerprint density at radius 1 is 1.54 bits per heavy atom. The smallest absolute Gasteiger partial charge is 0.329 e. The SMILES string of the molecule is Cc1cc(C)n(CCN)c(=O)n1.Cl.